The van der Waals surface area contributed by atoms with Crippen LogP contribution in [-0.4, -0.2) is 72.1 Å². The molecule has 0 spiro atoms. The van der Waals surface area contributed by atoms with Crippen LogP contribution in [0.2, 0.25) is 0 Å². The number of ether oxygens (including phenoxy) is 1. The second-order valence-electron chi connectivity index (χ2n) is 7.72. The van der Waals surface area contributed by atoms with Crippen LogP contribution >= 0.6 is 24.0 Å². The molecule has 2 aliphatic rings. The monoisotopic (exact) mass is 490 g/mol. The van der Waals surface area contributed by atoms with E-state index in [1.165, 1.54) is 30.6 Å². The molecule has 7 nitrogen and oxygen atoms in total. The number of nitrogens with zero attached hydrogens (tertiary/aromatic N) is 4. The molecule has 2 N–H and O–H groups in total. The van der Waals surface area contributed by atoms with Crippen molar-refractivity contribution >= 4 is 29.9 Å². The largest absolute Gasteiger partial charge is 0.373 e. The van der Waals surface area contributed by atoms with Crippen LogP contribution < -0.4 is 10.6 Å². The smallest absolute Gasteiger partial charge is 0.191 e. The fourth-order valence-corrected chi connectivity index (χ4v) is 4.12. The Labute approximate surface area is 180 Å². The molecule has 154 valence electrons. The molecule has 0 amide bonds. The van der Waals surface area contributed by atoms with Crippen LogP contribution in [0, 0.1) is 13.8 Å². The second-order valence-corrected chi connectivity index (χ2v) is 7.72. The van der Waals surface area contributed by atoms with Crippen LogP contribution in [0.3, 0.4) is 0 Å². The summed E-state index contributed by atoms with van der Waals surface area (Å²) in [7, 11) is 3.82. The van der Waals surface area contributed by atoms with Crippen molar-refractivity contribution in [3.05, 3.63) is 17.0 Å². The predicted octanol–water partition coefficient (Wildman–Crippen LogP) is 1.61. The van der Waals surface area contributed by atoms with Gasteiger partial charge in [-0.25, -0.2) is 0 Å². The third-order valence-corrected chi connectivity index (χ3v) is 5.73. The van der Waals surface area contributed by atoms with Gasteiger partial charge in [-0.3, -0.25) is 14.6 Å². The number of hydrogen-bond donors (Lipinski definition) is 2. The Morgan fingerprint density at radius 1 is 1.41 bits per heavy atom. The molecule has 3 rings (SSSR count). The number of nitrogens with one attached hydrogen (secondary N) is 2. The first-order chi connectivity index (χ1) is 12.5. The molecule has 0 aromatic carbocycles. The summed E-state index contributed by atoms with van der Waals surface area (Å²) in [6, 6.07) is 0.924. The molecule has 2 fully saturated rings. The molecule has 2 saturated heterocycles. The minimum absolute atomic E-state index is 0. The standard InChI is InChI=1S/C19H34N6O.HI/c1-13(9-18-14(2)23-24(5)15(18)3)22-19(20-4)21-10-17-11-25-8-6-7-16(25)12-26-17;/h13,16-17H,6-12H2,1-5H3,(H2,20,21,22);1H. The van der Waals surface area contributed by atoms with Crippen molar-refractivity contribution in [3.8, 4) is 0 Å². The van der Waals surface area contributed by atoms with Crippen molar-refractivity contribution in [2.45, 2.75) is 58.2 Å². The summed E-state index contributed by atoms with van der Waals surface area (Å²) < 4.78 is 7.98. The molecular weight excluding hydrogens is 455 g/mol. The lowest BCUT2D eigenvalue weighted by Crippen LogP contribution is -2.52. The van der Waals surface area contributed by atoms with Gasteiger partial charge in [0.25, 0.3) is 0 Å². The Kier molecular flexibility index (Phi) is 8.36. The van der Waals surface area contributed by atoms with Gasteiger partial charge in [-0.05, 0) is 52.1 Å². The maximum atomic E-state index is 6.02. The zero-order chi connectivity index (χ0) is 18.7. The molecule has 1 aromatic heterocycles. The third-order valence-electron chi connectivity index (χ3n) is 5.73. The Bertz CT molecular complexity index is 646. The lowest BCUT2D eigenvalue weighted by molar-refractivity contribution is -0.0453. The molecular formula is C19H35IN6O. The van der Waals surface area contributed by atoms with Crippen LogP contribution in [0.15, 0.2) is 4.99 Å². The van der Waals surface area contributed by atoms with Crippen LogP contribution in [0.1, 0.15) is 36.7 Å². The molecule has 0 aliphatic carbocycles. The SMILES string of the molecule is CN=C(NCC1CN2CCCC2CO1)NC(C)Cc1c(C)nn(C)c1C.I. The van der Waals surface area contributed by atoms with Crippen LogP contribution in [0.4, 0.5) is 0 Å². The van der Waals surface area contributed by atoms with E-state index >= 15 is 0 Å². The van der Waals surface area contributed by atoms with E-state index in [0.29, 0.717) is 6.04 Å². The first kappa shape index (κ1) is 22.4. The zero-order valence-electron chi connectivity index (χ0n) is 17.3. The van der Waals surface area contributed by atoms with Crippen molar-refractivity contribution in [1.29, 1.82) is 0 Å². The number of aromatic nitrogens is 2. The number of guanidine groups is 1. The van der Waals surface area contributed by atoms with Crippen LogP contribution in [0.25, 0.3) is 0 Å². The van der Waals surface area contributed by atoms with Gasteiger partial charge < -0.3 is 15.4 Å². The summed E-state index contributed by atoms with van der Waals surface area (Å²) >= 11 is 0. The number of morpholine rings is 1. The molecule has 8 heteroatoms. The number of hydrogen-bond acceptors (Lipinski definition) is 4. The topological polar surface area (TPSA) is 66.7 Å². The summed E-state index contributed by atoms with van der Waals surface area (Å²) in [6.45, 7) is 10.3. The van der Waals surface area contributed by atoms with Gasteiger partial charge in [-0.1, -0.05) is 0 Å². The van der Waals surface area contributed by atoms with E-state index in [0.717, 1.165) is 37.8 Å². The van der Waals surface area contributed by atoms with Crippen LogP contribution in [0.5, 0.6) is 0 Å². The average Bonchev–Trinajstić information content (AvgIpc) is 3.18. The van der Waals surface area contributed by atoms with Crippen molar-refractivity contribution in [1.82, 2.24) is 25.3 Å². The predicted molar refractivity (Wildman–Crippen MR) is 120 cm³/mol. The Hall–Kier alpha value is -0.870. The highest BCUT2D eigenvalue weighted by Gasteiger charge is 2.32. The maximum absolute atomic E-state index is 6.02. The summed E-state index contributed by atoms with van der Waals surface area (Å²) in [5, 5.41) is 11.4. The molecule has 2 aliphatic heterocycles. The quantitative estimate of drug-likeness (QED) is 0.373. The Morgan fingerprint density at radius 3 is 2.85 bits per heavy atom. The fraction of sp³-hybridized carbons (Fsp3) is 0.789. The highest BCUT2D eigenvalue weighted by Crippen LogP contribution is 2.22. The van der Waals surface area contributed by atoms with Gasteiger partial charge in [0.2, 0.25) is 0 Å². The first-order valence-electron chi connectivity index (χ1n) is 9.79. The number of aliphatic imine (C=N–C) groups is 1. The zero-order valence-corrected chi connectivity index (χ0v) is 19.6. The first-order valence-corrected chi connectivity index (χ1v) is 9.79. The van der Waals surface area contributed by atoms with Gasteiger partial charge in [0.15, 0.2) is 5.96 Å². The minimum Gasteiger partial charge on any atom is -0.373 e. The van der Waals surface area contributed by atoms with Gasteiger partial charge in [0.05, 0.1) is 18.4 Å². The van der Waals surface area contributed by atoms with Gasteiger partial charge in [0.1, 0.15) is 0 Å². The summed E-state index contributed by atoms with van der Waals surface area (Å²) in [5.74, 6) is 0.837. The van der Waals surface area contributed by atoms with Gasteiger partial charge in [0, 0.05) is 45.0 Å². The Balaban J connectivity index is 0.00000261. The molecule has 0 saturated carbocycles. The van der Waals surface area contributed by atoms with E-state index < -0.39 is 0 Å². The lowest BCUT2D eigenvalue weighted by Gasteiger charge is -2.35. The summed E-state index contributed by atoms with van der Waals surface area (Å²) in [6.07, 6.45) is 3.76. The number of rotatable bonds is 5. The van der Waals surface area contributed by atoms with E-state index in [9.17, 15) is 0 Å². The molecule has 3 heterocycles. The molecule has 1 aromatic rings. The maximum Gasteiger partial charge on any atom is 0.191 e. The van der Waals surface area contributed by atoms with E-state index in [2.05, 4.69) is 46.4 Å². The minimum atomic E-state index is 0. The van der Waals surface area contributed by atoms with Crippen molar-refractivity contribution in [2.75, 3.05) is 33.3 Å². The van der Waals surface area contributed by atoms with E-state index in [4.69, 9.17) is 4.74 Å². The molecule has 3 unspecified atom stereocenters. The molecule has 27 heavy (non-hydrogen) atoms. The number of halogens is 1. The molecule has 3 atom stereocenters. The van der Waals surface area contributed by atoms with Gasteiger partial charge in [-0.15, -0.1) is 24.0 Å². The average molecular weight is 490 g/mol. The number of aryl methyl sites for hydroxylation is 2. The van der Waals surface area contributed by atoms with Crippen molar-refractivity contribution in [2.24, 2.45) is 12.0 Å². The van der Waals surface area contributed by atoms with E-state index in [1.54, 1.807) is 0 Å². The van der Waals surface area contributed by atoms with Crippen LogP contribution in [-0.2, 0) is 18.2 Å². The highest BCUT2D eigenvalue weighted by atomic mass is 127. The highest BCUT2D eigenvalue weighted by molar-refractivity contribution is 14.0. The van der Waals surface area contributed by atoms with E-state index in [-0.39, 0.29) is 36.1 Å². The molecule has 0 bridgehead atoms. The Morgan fingerprint density at radius 2 is 2.19 bits per heavy atom. The summed E-state index contributed by atoms with van der Waals surface area (Å²) in [5.41, 5.74) is 3.66. The van der Waals surface area contributed by atoms with Gasteiger partial charge >= 0.3 is 0 Å². The van der Waals surface area contributed by atoms with E-state index in [1.807, 2.05) is 18.8 Å². The summed E-state index contributed by atoms with van der Waals surface area (Å²) in [4.78, 5) is 6.95. The fourth-order valence-electron chi connectivity index (χ4n) is 4.12. The van der Waals surface area contributed by atoms with Crippen molar-refractivity contribution < 1.29 is 4.74 Å². The van der Waals surface area contributed by atoms with Crippen molar-refractivity contribution in [3.63, 3.8) is 0 Å². The normalized spacial score (nSPS) is 24.3. The number of fused-ring (bicyclic) bond motifs is 1. The van der Waals surface area contributed by atoms with Gasteiger partial charge in [-0.2, -0.15) is 5.10 Å². The molecule has 0 radical (unpaired) electrons. The third kappa shape index (κ3) is 5.57. The second kappa shape index (κ2) is 10.1. The lowest BCUT2D eigenvalue weighted by atomic mass is 10.1.